The molecule has 0 spiro atoms. The molecule has 0 amide bonds. The van der Waals surface area contributed by atoms with E-state index in [2.05, 4.69) is 6.07 Å². The average Bonchev–Trinajstić information content (AvgIpc) is 2.01. The molecule has 1 aromatic rings. The van der Waals surface area contributed by atoms with Crippen LogP contribution < -0.4 is 0 Å². The van der Waals surface area contributed by atoms with E-state index in [1.165, 1.54) is 0 Å². The molecule has 0 aromatic heterocycles. The van der Waals surface area contributed by atoms with Crippen molar-refractivity contribution in [1.82, 2.24) is 0 Å². The fourth-order valence-corrected chi connectivity index (χ4v) is 0.896. The maximum Gasteiger partial charge on any atom is 0.342 e. The van der Waals surface area contributed by atoms with Gasteiger partial charge in [0.2, 0.25) is 0 Å². The Kier molecular flexibility index (Phi) is 3.06. The molecule has 0 saturated carbocycles. The second-order valence-corrected chi connectivity index (χ2v) is 3.03. The Labute approximate surface area is 81.1 Å². The molecule has 14 heavy (non-hydrogen) atoms. The molecule has 75 valence electrons. The quantitative estimate of drug-likeness (QED) is 0.736. The van der Waals surface area contributed by atoms with Gasteiger partial charge in [-0.15, -0.1) is 0 Å². The van der Waals surface area contributed by atoms with Gasteiger partial charge < -0.3 is 9.84 Å². The van der Waals surface area contributed by atoms with Gasteiger partial charge in [0.15, 0.2) is 0 Å². The van der Waals surface area contributed by atoms with Crippen molar-refractivity contribution in [2.24, 2.45) is 0 Å². The van der Waals surface area contributed by atoms with Gasteiger partial charge in [-0.3, -0.25) is 0 Å². The lowest BCUT2D eigenvalue weighted by molar-refractivity contribution is 0.0374. The molecule has 1 N–H and O–H groups in total. The minimum atomic E-state index is -0.719. The van der Waals surface area contributed by atoms with Crippen molar-refractivity contribution in [1.29, 1.82) is 0 Å². The van der Waals surface area contributed by atoms with Crippen molar-refractivity contribution in [3.8, 4) is 5.75 Å². The van der Waals surface area contributed by atoms with E-state index >= 15 is 0 Å². The third-order valence-electron chi connectivity index (χ3n) is 1.46. The van der Waals surface area contributed by atoms with Crippen LogP contribution in [0, 0.1) is 11.9 Å². The van der Waals surface area contributed by atoms with Crippen LogP contribution in [0.5, 0.6) is 5.75 Å². The van der Waals surface area contributed by atoms with Crippen molar-refractivity contribution in [2.75, 3.05) is 0 Å². The van der Waals surface area contributed by atoms with Crippen LogP contribution in [0.25, 0.3) is 0 Å². The number of esters is 1. The predicted octanol–water partition coefficient (Wildman–Crippen LogP) is 1.90. The molecule has 1 rings (SSSR count). The molecule has 1 radical (unpaired) electrons. The molecule has 0 aliphatic heterocycles. The number of carbonyl (C=O) groups excluding carboxylic acids is 1. The van der Waals surface area contributed by atoms with Crippen LogP contribution in [0.15, 0.2) is 12.1 Å². The fourth-order valence-electron chi connectivity index (χ4n) is 0.896. The van der Waals surface area contributed by atoms with E-state index in [0.717, 1.165) is 12.1 Å². The summed E-state index contributed by atoms with van der Waals surface area (Å²) in [6, 6.07) is 4.05. The molecule has 0 aliphatic rings. The van der Waals surface area contributed by atoms with E-state index in [0.29, 0.717) is 0 Å². The molecule has 1 aromatic carbocycles. The smallest absolute Gasteiger partial charge is 0.342 e. The van der Waals surface area contributed by atoms with Crippen molar-refractivity contribution in [3.63, 3.8) is 0 Å². The number of aromatic hydroxyl groups is 1. The summed E-state index contributed by atoms with van der Waals surface area (Å²) < 4.78 is 17.3. The summed E-state index contributed by atoms with van der Waals surface area (Å²) in [5.41, 5.74) is -0.0832. The number of phenols is 1. The van der Waals surface area contributed by atoms with Crippen molar-refractivity contribution < 1.29 is 19.0 Å². The number of phenolic OH excluding ortho intramolecular Hbond substituents is 1. The van der Waals surface area contributed by atoms with Crippen LogP contribution in [-0.4, -0.2) is 17.2 Å². The van der Waals surface area contributed by atoms with Crippen LogP contribution in [0.1, 0.15) is 24.2 Å². The summed E-state index contributed by atoms with van der Waals surface area (Å²) in [6.45, 7) is 3.37. The minimum Gasteiger partial charge on any atom is -0.507 e. The Hall–Kier alpha value is -1.58. The summed E-state index contributed by atoms with van der Waals surface area (Å²) in [5, 5.41) is 9.21. The van der Waals surface area contributed by atoms with Gasteiger partial charge in [-0.1, -0.05) is 0 Å². The highest BCUT2D eigenvalue weighted by Crippen LogP contribution is 2.18. The molecule has 0 aliphatic carbocycles. The van der Waals surface area contributed by atoms with Gasteiger partial charge in [0, 0.05) is 12.1 Å². The zero-order valence-electron chi connectivity index (χ0n) is 7.87. The molecular formula is C10H10FO3. The lowest BCUT2D eigenvalue weighted by Gasteiger charge is -2.08. The maximum absolute atomic E-state index is 12.5. The Bertz CT molecular complexity index is 347. The number of halogens is 1. The molecule has 0 saturated heterocycles. The van der Waals surface area contributed by atoms with E-state index in [4.69, 9.17) is 4.74 Å². The molecular weight excluding hydrogens is 187 g/mol. The number of ether oxygens (including phenoxy) is 1. The standard InChI is InChI=1S/C10H10FO3/c1-6(2)14-10(13)8-4-3-7(11)5-9(8)12/h4-6,12H,1-2H3. The fraction of sp³-hybridized carbons (Fsp3) is 0.300. The topological polar surface area (TPSA) is 46.5 Å². The zero-order valence-corrected chi connectivity index (χ0v) is 7.87. The molecule has 0 unspecified atom stereocenters. The summed E-state index contributed by atoms with van der Waals surface area (Å²) in [4.78, 5) is 11.3. The molecule has 0 fully saturated rings. The number of hydrogen-bond donors (Lipinski definition) is 1. The molecule has 0 heterocycles. The third-order valence-corrected chi connectivity index (χ3v) is 1.46. The van der Waals surface area contributed by atoms with Crippen molar-refractivity contribution in [3.05, 3.63) is 29.6 Å². The summed E-state index contributed by atoms with van der Waals surface area (Å²) in [5.74, 6) is -1.84. The first kappa shape index (κ1) is 10.5. The number of benzene rings is 1. The maximum atomic E-state index is 12.5. The predicted molar refractivity (Wildman–Crippen MR) is 47.5 cm³/mol. The first-order chi connectivity index (χ1) is 6.50. The Morgan fingerprint density at radius 2 is 2.29 bits per heavy atom. The lowest BCUT2D eigenvalue weighted by Crippen LogP contribution is -2.11. The van der Waals surface area contributed by atoms with Crippen molar-refractivity contribution in [2.45, 2.75) is 20.0 Å². The van der Waals surface area contributed by atoms with Crippen LogP contribution in [0.3, 0.4) is 0 Å². The molecule has 0 bridgehead atoms. The number of hydrogen-bond acceptors (Lipinski definition) is 3. The highest BCUT2D eigenvalue weighted by atomic mass is 19.1. The monoisotopic (exact) mass is 197 g/mol. The van der Waals surface area contributed by atoms with Gasteiger partial charge in [0.05, 0.1) is 6.10 Å². The Morgan fingerprint density at radius 1 is 1.64 bits per heavy atom. The summed E-state index contributed by atoms with van der Waals surface area (Å²) in [6.07, 6.45) is -0.285. The summed E-state index contributed by atoms with van der Waals surface area (Å²) >= 11 is 0. The highest BCUT2D eigenvalue weighted by Gasteiger charge is 2.14. The van der Waals surface area contributed by atoms with Crippen LogP contribution in [0.2, 0.25) is 0 Å². The lowest BCUT2D eigenvalue weighted by atomic mass is 10.2. The number of rotatable bonds is 2. The van der Waals surface area contributed by atoms with E-state index < -0.39 is 17.5 Å². The minimum absolute atomic E-state index is 0.0832. The van der Waals surface area contributed by atoms with Gasteiger partial charge in [-0.2, -0.15) is 0 Å². The van der Waals surface area contributed by atoms with Crippen LogP contribution >= 0.6 is 0 Å². The van der Waals surface area contributed by atoms with Crippen molar-refractivity contribution >= 4 is 5.97 Å². The first-order valence-corrected chi connectivity index (χ1v) is 4.12. The van der Waals surface area contributed by atoms with E-state index in [-0.39, 0.29) is 11.7 Å². The van der Waals surface area contributed by atoms with Gasteiger partial charge in [0.25, 0.3) is 0 Å². The molecule has 3 nitrogen and oxygen atoms in total. The SMILES string of the molecule is CC(C)OC(=O)c1c[c]c(F)cc1O. The van der Waals surface area contributed by atoms with Gasteiger partial charge in [-0.05, 0) is 19.9 Å². The average molecular weight is 197 g/mol. The van der Waals surface area contributed by atoms with E-state index in [9.17, 15) is 14.3 Å². The number of carbonyl (C=O) groups is 1. The largest absolute Gasteiger partial charge is 0.507 e. The van der Waals surface area contributed by atoms with Crippen LogP contribution in [0.4, 0.5) is 4.39 Å². The Balaban J connectivity index is 2.90. The highest BCUT2D eigenvalue weighted by molar-refractivity contribution is 5.92. The first-order valence-electron chi connectivity index (χ1n) is 4.12. The Morgan fingerprint density at radius 3 is 2.79 bits per heavy atom. The molecule has 4 heteroatoms. The third kappa shape index (κ3) is 2.45. The van der Waals surface area contributed by atoms with Gasteiger partial charge in [-0.25, -0.2) is 9.18 Å². The van der Waals surface area contributed by atoms with Crippen LogP contribution in [-0.2, 0) is 4.74 Å². The second kappa shape index (κ2) is 4.09. The second-order valence-electron chi connectivity index (χ2n) is 3.03. The van der Waals surface area contributed by atoms with E-state index in [1.807, 2.05) is 0 Å². The summed E-state index contributed by atoms with van der Waals surface area (Å²) in [7, 11) is 0. The van der Waals surface area contributed by atoms with E-state index in [1.54, 1.807) is 13.8 Å². The molecule has 0 atom stereocenters. The van der Waals surface area contributed by atoms with Gasteiger partial charge >= 0.3 is 5.97 Å². The zero-order chi connectivity index (χ0) is 10.7. The normalized spacial score (nSPS) is 10.3. The van der Waals surface area contributed by atoms with Gasteiger partial charge in [0.1, 0.15) is 17.1 Å².